The molecule has 0 saturated heterocycles. The first kappa shape index (κ1) is 10.6. The van der Waals surface area contributed by atoms with Crippen LogP contribution < -0.4 is 4.90 Å². The Morgan fingerprint density at radius 2 is 2.00 bits per heavy atom. The molecular formula is C12H16N2. The third kappa shape index (κ3) is 2.50. The predicted molar refractivity (Wildman–Crippen MR) is 59.2 cm³/mol. The zero-order valence-corrected chi connectivity index (χ0v) is 8.77. The molecule has 0 aromatic heterocycles. The Labute approximate surface area is 85.8 Å². The second-order valence-corrected chi connectivity index (χ2v) is 3.38. The maximum absolute atomic E-state index is 9.00. The fourth-order valence-electron chi connectivity index (χ4n) is 1.46. The highest BCUT2D eigenvalue weighted by atomic mass is 15.1. The Morgan fingerprint density at radius 3 is 2.50 bits per heavy atom. The molecule has 0 aliphatic heterocycles. The minimum Gasteiger partial charge on any atom is -0.359 e. The molecule has 0 N–H and O–H groups in total. The fourth-order valence-corrected chi connectivity index (χ4v) is 1.46. The molecule has 0 spiro atoms. The average molecular weight is 188 g/mol. The van der Waals surface area contributed by atoms with Crippen LogP contribution in [0.2, 0.25) is 0 Å². The summed E-state index contributed by atoms with van der Waals surface area (Å²) in [6.07, 6.45) is 1.96. The highest BCUT2D eigenvalue weighted by molar-refractivity contribution is 5.47. The monoisotopic (exact) mass is 188 g/mol. The average Bonchev–Trinajstić information content (AvgIpc) is 2.26. The number of hydrogen-bond acceptors (Lipinski definition) is 2. The summed E-state index contributed by atoms with van der Waals surface area (Å²) in [6.45, 7) is 2.10. The zero-order chi connectivity index (χ0) is 10.4. The third-order valence-corrected chi connectivity index (χ3v) is 2.34. The van der Waals surface area contributed by atoms with Crippen LogP contribution in [0.5, 0.6) is 0 Å². The van der Waals surface area contributed by atoms with Gasteiger partial charge in [0.1, 0.15) is 6.04 Å². The van der Waals surface area contributed by atoms with Crippen LogP contribution in [0.15, 0.2) is 30.3 Å². The maximum Gasteiger partial charge on any atom is 0.116 e. The van der Waals surface area contributed by atoms with E-state index in [1.807, 2.05) is 42.3 Å². The van der Waals surface area contributed by atoms with Gasteiger partial charge in [0.05, 0.1) is 6.07 Å². The third-order valence-electron chi connectivity index (χ3n) is 2.34. The summed E-state index contributed by atoms with van der Waals surface area (Å²) in [5.41, 5.74) is 1.10. The molecule has 14 heavy (non-hydrogen) atoms. The summed E-state index contributed by atoms with van der Waals surface area (Å²) >= 11 is 0. The summed E-state index contributed by atoms with van der Waals surface area (Å²) < 4.78 is 0. The van der Waals surface area contributed by atoms with Gasteiger partial charge in [0, 0.05) is 12.7 Å². The number of benzene rings is 1. The van der Waals surface area contributed by atoms with Gasteiger partial charge >= 0.3 is 0 Å². The van der Waals surface area contributed by atoms with E-state index in [9.17, 15) is 0 Å². The summed E-state index contributed by atoms with van der Waals surface area (Å²) in [5.74, 6) is 0. The van der Waals surface area contributed by atoms with E-state index < -0.39 is 0 Å². The lowest BCUT2D eigenvalue weighted by Gasteiger charge is -2.24. The lowest BCUT2D eigenvalue weighted by Crippen LogP contribution is -2.29. The number of anilines is 1. The van der Waals surface area contributed by atoms with Crippen LogP contribution >= 0.6 is 0 Å². The number of rotatable bonds is 4. The second kappa shape index (κ2) is 5.29. The van der Waals surface area contributed by atoms with Gasteiger partial charge in [-0.05, 0) is 18.6 Å². The molecule has 1 unspecified atom stereocenters. The van der Waals surface area contributed by atoms with Crippen LogP contribution in [-0.2, 0) is 0 Å². The maximum atomic E-state index is 9.00. The molecule has 1 aromatic carbocycles. The van der Waals surface area contributed by atoms with Crippen molar-refractivity contribution in [3.63, 3.8) is 0 Å². The van der Waals surface area contributed by atoms with Crippen LogP contribution in [0, 0.1) is 11.3 Å². The molecule has 1 rings (SSSR count). The van der Waals surface area contributed by atoms with Gasteiger partial charge in [-0.2, -0.15) is 5.26 Å². The van der Waals surface area contributed by atoms with Crippen LogP contribution in [-0.4, -0.2) is 13.1 Å². The van der Waals surface area contributed by atoms with Crippen molar-refractivity contribution in [2.24, 2.45) is 0 Å². The molecule has 0 aliphatic carbocycles. The Hall–Kier alpha value is -1.49. The molecule has 0 fully saturated rings. The Kier molecular flexibility index (Phi) is 4.00. The Morgan fingerprint density at radius 1 is 1.36 bits per heavy atom. The first-order valence-corrected chi connectivity index (χ1v) is 4.97. The first-order chi connectivity index (χ1) is 6.79. The topological polar surface area (TPSA) is 27.0 Å². The molecule has 0 aliphatic rings. The van der Waals surface area contributed by atoms with Crippen LogP contribution in [0.25, 0.3) is 0 Å². The standard InChI is InChI=1S/C12H16N2/c1-3-7-12(10-13)14(2)11-8-5-4-6-9-11/h4-6,8-9,12H,3,7H2,1-2H3. The zero-order valence-electron chi connectivity index (χ0n) is 8.77. The number of nitrogens with zero attached hydrogens (tertiary/aromatic N) is 2. The molecule has 1 atom stereocenters. The summed E-state index contributed by atoms with van der Waals surface area (Å²) in [6, 6.07) is 12.3. The SMILES string of the molecule is CCCC(C#N)N(C)c1ccccc1. The first-order valence-electron chi connectivity index (χ1n) is 4.97. The Bertz CT molecular complexity index is 300. The van der Waals surface area contributed by atoms with Crippen molar-refractivity contribution in [1.29, 1.82) is 5.26 Å². The second-order valence-electron chi connectivity index (χ2n) is 3.38. The molecule has 1 aromatic rings. The quantitative estimate of drug-likeness (QED) is 0.726. The Balaban J connectivity index is 2.74. The molecule has 2 heteroatoms. The molecule has 0 saturated carbocycles. The van der Waals surface area contributed by atoms with Crippen molar-refractivity contribution in [2.75, 3.05) is 11.9 Å². The van der Waals surface area contributed by atoms with Crippen LogP contribution in [0.1, 0.15) is 19.8 Å². The van der Waals surface area contributed by atoms with Crippen molar-refractivity contribution < 1.29 is 0 Å². The molecule has 74 valence electrons. The largest absolute Gasteiger partial charge is 0.359 e. The smallest absolute Gasteiger partial charge is 0.116 e. The normalized spacial score (nSPS) is 11.8. The summed E-state index contributed by atoms with van der Waals surface area (Å²) in [7, 11) is 1.97. The molecule has 0 bridgehead atoms. The summed E-state index contributed by atoms with van der Waals surface area (Å²) in [5, 5.41) is 9.00. The van der Waals surface area contributed by atoms with Gasteiger partial charge in [-0.3, -0.25) is 0 Å². The van der Waals surface area contributed by atoms with E-state index >= 15 is 0 Å². The fraction of sp³-hybridized carbons (Fsp3) is 0.417. The van der Waals surface area contributed by atoms with Crippen LogP contribution in [0.3, 0.4) is 0 Å². The van der Waals surface area contributed by atoms with E-state index in [0.29, 0.717) is 0 Å². The molecule has 0 radical (unpaired) electrons. The lowest BCUT2D eigenvalue weighted by atomic mass is 10.1. The highest BCUT2D eigenvalue weighted by Crippen LogP contribution is 2.16. The summed E-state index contributed by atoms with van der Waals surface area (Å²) in [4.78, 5) is 2.03. The predicted octanol–water partition coefficient (Wildman–Crippen LogP) is 2.82. The van der Waals surface area contributed by atoms with E-state index in [2.05, 4.69) is 13.0 Å². The van der Waals surface area contributed by atoms with Gasteiger partial charge in [0.15, 0.2) is 0 Å². The van der Waals surface area contributed by atoms with E-state index in [1.165, 1.54) is 0 Å². The molecule has 0 amide bonds. The van der Waals surface area contributed by atoms with Crippen molar-refractivity contribution in [2.45, 2.75) is 25.8 Å². The number of hydrogen-bond donors (Lipinski definition) is 0. The van der Waals surface area contributed by atoms with Crippen LogP contribution in [0.4, 0.5) is 5.69 Å². The van der Waals surface area contributed by atoms with Gasteiger partial charge in [-0.25, -0.2) is 0 Å². The van der Waals surface area contributed by atoms with Crippen molar-refractivity contribution >= 4 is 5.69 Å². The highest BCUT2D eigenvalue weighted by Gasteiger charge is 2.12. The van der Waals surface area contributed by atoms with Gasteiger partial charge < -0.3 is 4.90 Å². The molecular weight excluding hydrogens is 172 g/mol. The van der Waals surface area contributed by atoms with Crippen molar-refractivity contribution in [1.82, 2.24) is 0 Å². The molecule has 2 nitrogen and oxygen atoms in total. The van der Waals surface area contributed by atoms with E-state index in [-0.39, 0.29) is 6.04 Å². The van der Waals surface area contributed by atoms with Gasteiger partial charge in [-0.15, -0.1) is 0 Å². The minimum atomic E-state index is -0.0117. The number of nitriles is 1. The van der Waals surface area contributed by atoms with Crippen molar-refractivity contribution in [3.8, 4) is 6.07 Å². The van der Waals surface area contributed by atoms with E-state index in [4.69, 9.17) is 5.26 Å². The minimum absolute atomic E-state index is 0.0117. The van der Waals surface area contributed by atoms with Gasteiger partial charge in [0.25, 0.3) is 0 Å². The van der Waals surface area contributed by atoms with Gasteiger partial charge in [0.2, 0.25) is 0 Å². The number of para-hydroxylation sites is 1. The molecule has 0 heterocycles. The lowest BCUT2D eigenvalue weighted by molar-refractivity contribution is 0.674. The van der Waals surface area contributed by atoms with Gasteiger partial charge in [-0.1, -0.05) is 31.5 Å². The van der Waals surface area contributed by atoms with Crippen molar-refractivity contribution in [3.05, 3.63) is 30.3 Å². The van der Waals surface area contributed by atoms with E-state index in [0.717, 1.165) is 18.5 Å². The van der Waals surface area contributed by atoms with E-state index in [1.54, 1.807) is 0 Å².